The maximum absolute atomic E-state index is 2.18. The molecule has 0 nitrogen and oxygen atoms in total. The third kappa shape index (κ3) is 36.7. The molecule has 0 bridgehead atoms. The molecular formula is C4H12Cl2Zr. The average molecular weight is 222 g/mol. The van der Waals surface area contributed by atoms with Gasteiger partial charge in [-0.15, -0.1) is 24.8 Å². The fourth-order valence-electron chi connectivity index (χ4n) is 0. The van der Waals surface area contributed by atoms with Gasteiger partial charge in [-0.05, 0) is 0 Å². The van der Waals surface area contributed by atoms with E-state index in [1.54, 1.807) is 0 Å². The molecule has 0 heterocycles. The molecule has 0 fully saturated rings. The summed E-state index contributed by atoms with van der Waals surface area (Å²) in [5.41, 5.74) is 0. The minimum absolute atomic E-state index is 0. The molecule has 0 aromatic rings. The zero-order chi connectivity index (χ0) is 3.41. The molecule has 0 radical (unpaired) electrons. The standard InChI is InChI=1S/C4H10.2ClH.Zr/c1-3-4-2;;;/h3-4H2,1-2H3;2*1H;. The van der Waals surface area contributed by atoms with Crippen molar-refractivity contribution in [2.24, 2.45) is 0 Å². The summed E-state index contributed by atoms with van der Waals surface area (Å²) < 4.78 is 0. The largest absolute Gasteiger partial charge is 0.147 e. The van der Waals surface area contributed by atoms with Crippen molar-refractivity contribution < 1.29 is 26.2 Å². The first kappa shape index (κ1) is 23.7. The first-order valence-corrected chi connectivity index (χ1v) is 1.91. The molecule has 0 aromatic heterocycles. The molecule has 0 aromatic carbocycles. The molecule has 0 saturated heterocycles. The van der Waals surface area contributed by atoms with E-state index in [9.17, 15) is 0 Å². The van der Waals surface area contributed by atoms with E-state index in [1.165, 1.54) is 12.8 Å². The Bertz CT molecular complexity index is 11.7. The van der Waals surface area contributed by atoms with Crippen LogP contribution in [0.15, 0.2) is 0 Å². The Morgan fingerprint density at radius 2 is 1.00 bits per heavy atom. The van der Waals surface area contributed by atoms with Crippen LogP contribution in [0.2, 0.25) is 0 Å². The second-order valence-electron chi connectivity index (χ2n) is 1.000. The topological polar surface area (TPSA) is 0 Å². The summed E-state index contributed by atoms with van der Waals surface area (Å²) in [7, 11) is 0. The van der Waals surface area contributed by atoms with Crippen LogP contribution in [-0.4, -0.2) is 0 Å². The summed E-state index contributed by atoms with van der Waals surface area (Å²) in [6.45, 7) is 4.36. The summed E-state index contributed by atoms with van der Waals surface area (Å²) >= 11 is 0. The monoisotopic (exact) mass is 220 g/mol. The third-order valence-corrected chi connectivity index (χ3v) is 0.500. The SMILES string of the molecule is CCCC.Cl.Cl.[Zr]. The molecule has 0 rings (SSSR count). The van der Waals surface area contributed by atoms with Crippen molar-refractivity contribution in [2.45, 2.75) is 26.7 Å². The van der Waals surface area contributed by atoms with Crippen LogP contribution in [0.25, 0.3) is 0 Å². The zero-order valence-electron chi connectivity index (χ0n) is 4.73. The fourth-order valence-corrected chi connectivity index (χ4v) is 0. The molecule has 0 aliphatic carbocycles. The number of hydrogen-bond acceptors (Lipinski definition) is 0. The molecule has 0 N–H and O–H groups in total. The number of unbranched alkanes of at least 4 members (excludes halogenated alkanes) is 1. The Balaban J connectivity index is -0.0000000150. The predicted molar refractivity (Wildman–Crippen MR) is 35.1 cm³/mol. The Kier molecular flexibility index (Phi) is 87.9. The first-order valence-electron chi connectivity index (χ1n) is 1.91. The van der Waals surface area contributed by atoms with Crippen molar-refractivity contribution in [3.8, 4) is 0 Å². The van der Waals surface area contributed by atoms with E-state index >= 15 is 0 Å². The summed E-state index contributed by atoms with van der Waals surface area (Å²) in [4.78, 5) is 0. The van der Waals surface area contributed by atoms with Gasteiger partial charge in [0.2, 0.25) is 0 Å². The van der Waals surface area contributed by atoms with E-state index < -0.39 is 0 Å². The fraction of sp³-hybridized carbons (Fsp3) is 1.00. The van der Waals surface area contributed by atoms with Crippen LogP contribution in [-0.2, 0) is 26.2 Å². The maximum Gasteiger partial charge on any atom is 0 e. The van der Waals surface area contributed by atoms with Gasteiger partial charge in [-0.25, -0.2) is 0 Å². The van der Waals surface area contributed by atoms with Gasteiger partial charge in [0.05, 0.1) is 0 Å². The Hall–Kier alpha value is 1.46. The van der Waals surface area contributed by atoms with Gasteiger partial charge in [0.15, 0.2) is 0 Å². The van der Waals surface area contributed by atoms with Crippen molar-refractivity contribution in [1.82, 2.24) is 0 Å². The summed E-state index contributed by atoms with van der Waals surface area (Å²) in [6, 6.07) is 0. The van der Waals surface area contributed by atoms with Gasteiger partial charge in [0.25, 0.3) is 0 Å². The molecule has 0 atom stereocenters. The third-order valence-electron chi connectivity index (χ3n) is 0.500. The normalized spacial score (nSPS) is 4.29. The van der Waals surface area contributed by atoms with Crippen LogP contribution in [0, 0.1) is 0 Å². The average Bonchev–Trinajstić information content (AvgIpc) is 1.37. The molecule has 0 unspecified atom stereocenters. The molecule has 0 spiro atoms. The number of rotatable bonds is 1. The molecule has 7 heavy (non-hydrogen) atoms. The smallest absolute Gasteiger partial charge is 0 e. The van der Waals surface area contributed by atoms with Crippen molar-refractivity contribution >= 4 is 24.8 Å². The maximum atomic E-state index is 2.18. The predicted octanol–water partition coefficient (Wildman–Crippen LogP) is 2.65. The molecule has 46 valence electrons. The van der Waals surface area contributed by atoms with E-state index in [0.717, 1.165) is 0 Å². The van der Waals surface area contributed by atoms with Crippen molar-refractivity contribution in [1.29, 1.82) is 0 Å². The van der Waals surface area contributed by atoms with Crippen LogP contribution in [0.1, 0.15) is 26.7 Å². The van der Waals surface area contributed by atoms with E-state index in [0.29, 0.717) is 0 Å². The van der Waals surface area contributed by atoms with Gasteiger partial charge in [0, 0.05) is 26.2 Å². The van der Waals surface area contributed by atoms with Crippen LogP contribution in [0.3, 0.4) is 0 Å². The second kappa shape index (κ2) is 26.0. The minimum atomic E-state index is 0. The summed E-state index contributed by atoms with van der Waals surface area (Å²) in [6.07, 6.45) is 2.64. The van der Waals surface area contributed by atoms with Crippen LogP contribution in [0.4, 0.5) is 0 Å². The molecular weight excluding hydrogens is 210 g/mol. The number of halogens is 2. The van der Waals surface area contributed by atoms with Crippen molar-refractivity contribution in [3.63, 3.8) is 0 Å². The van der Waals surface area contributed by atoms with Gasteiger partial charge >= 0.3 is 0 Å². The van der Waals surface area contributed by atoms with E-state index in [4.69, 9.17) is 0 Å². The van der Waals surface area contributed by atoms with Crippen molar-refractivity contribution in [2.75, 3.05) is 0 Å². The summed E-state index contributed by atoms with van der Waals surface area (Å²) in [5.74, 6) is 0. The molecule has 0 aliphatic heterocycles. The Morgan fingerprint density at radius 1 is 0.857 bits per heavy atom. The molecule has 0 aliphatic rings. The van der Waals surface area contributed by atoms with Crippen LogP contribution >= 0.6 is 24.8 Å². The summed E-state index contributed by atoms with van der Waals surface area (Å²) in [5, 5.41) is 0. The minimum Gasteiger partial charge on any atom is -0.147 e. The zero-order valence-corrected chi connectivity index (χ0v) is 8.82. The van der Waals surface area contributed by atoms with Crippen molar-refractivity contribution in [3.05, 3.63) is 0 Å². The first-order chi connectivity index (χ1) is 1.91. The Labute approximate surface area is 77.4 Å². The van der Waals surface area contributed by atoms with E-state index in [1.807, 2.05) is 0 Å². The molecule has 0 amide bonds. The molecule has 3 heteroatoms. The number of hydrogen-bond donors (Lipinski definition) is 0. The van der Waals surface area contributed by atoms with E-state index in [-0.39, 0.29) is 51.0 Å². The molecule has 0 saturated carbocycles. The Morgan fingerprint density at radius 3 is 1.00 bits per heavy atom. The quantitative estimate of drug-likeness (QED) is 0.640. The van der Waals surface area contributed by atoms with Gasteiger partial charge in [-0.1, -0.05) is 26.7 Å². The van der Waals surface area contributed by atoms with Gasteiger partial charge in [-0.3, -0.25) is 0 Å². The van der Waals surface area contributed by atoms with Crippen LogP contribution < -0.4 is 0 Å². The van der Waals surface area contributed by atoms with E-state index in [2.05, 4.69) is 13.8 Å². The van der Waals surface area contributed by atoms with Gasteiger partial charge in [0.1, 0.15) is 0 Å². The second-order valence-corrected chi connectivity index (χ2v) is 1.000. The van der Waals surface area contributed by atoms with Gasteiger partial charge < -0.3 is 0 Å². The van der Waals surface area contributed by atoms with Gasteiger partial charge in [-0.2, -0.15) is 0 Å². The van der Waals surface area contributed by atoms with Crippen LogP contribution in [0.5, 0.6) is 0 Å².